The number of pyridine rings is 1. The Morgan fingerprint density at radius 1 is 1.06 bits per heavy atom. The maximum atomic E-state index is 12.1. The third-order valence-electron chi connectivity index (χ3n) is 4.96. The van der Waals surface area contributed by atoms with Crippen molar-refractivity contribution in [2.45, 2.75) is 38.6 Å². The SMILES string of the molecule is O=C(O)CCCCCNC(=O)Nc1ccc2nc(-c3cc[n+](CCCS(=O)(=O)O)cc3)oc2c1. The Hall–Kier alpha value is -3.51. The van der Waals surface area contributed by atoms with Crippen LogP contribution in [0.15, 0.2) is 47.1 Å². The number of fused-ring (bicyclic) bond motifs is 1. The number of urea groups is 1. The zero-order chi connectivity index (χ0) is 24.6. The van der Waals surface area contributed by atoms with Crippen molar-refractivity contribution in [3.63, 3.8) is 0 Å². The summed E-state index contributed by atoms with van der Waals surface area (Å²) < 4.78 is 38.1. The van der Waals surface area contributed by atoms with Crippen molar-refractivity contribution in [1.29, 1.82) is 0 Å². The number of nitrogens with one attached hydrogen (secondary N) is 2. The van der Waals surface area contributed by atoms with Crippen LogP contribution in [0.3, 0.4) is 0 Å². The van der Waals surface area contributed by atoms with Crippen LogP contribution in [0.5, 0.6) is 0 Å². The van der Waals surface area contributed by atoms with Crippen molar-refractivity contribution in [1.82, 2.24) is 10.3 Å². The lowest BCUT2D eigenvalue weighted by Crippen LogP contribution is -2.33. The molecule has 182 valence electrons. The quantitative estimate of drug-likeness (QED) is 0.171. The number of nitrogens with zero attached hydrogens (tertiary/aromatic N) is 2. The molecule has 0 unspecified atom stereocenters. The van der Waals surface area contributed by atoms with E-state index in [0.29, 0.717) is 55.0 Å². The molecule has 0 bridgehead atoms. The van der Waals surface area contributed by atoms with E-state index in [1.54, 1.807) is 47.3 Å². The van der Waals surface area contributed by atoms with Gasteiger partial charge in [-0.15, -0.1) is 0 Å². The van der Waals surface area contributed by atoms with E-state index < -0.39 is 16.1 Å². The number of aryl methyl sites for hydroxylation is 1. The first-order chi connectivity index (χ1) is 16.2. The topological polar surface area (TPSA) is 163 Å². The van der Waals surface area contributed by atoms with Gasteiger partial charge in [-0.2, -0.15) is 8.42 Å². The van der Waals surface area contributed by atoms with Gasteiger partial charge in [-0.1, -0.05) is 6.42 Å². The number of carbonyl (C=O) groups is 2. The molecular formula is C22H27N4O7S+. The highest BCUT2D eigenvalue weighted by Crippen LogP contribution is 2.25. The summed E-state index contributed by atoms with van der Waals surface area (Å²) in [6, 6.07) is 8.36. The van der Waals surface area contributed by atoms with Gasteiger partial charge in [-0.3, -0.25) is 9.35 Å². The molecule has 2 amide bonds. The number of carboxylic acids is 1. The zero-order valence-electron chi connectivity index (χ0n) is 18.4. The number of aromatic nitrogens is 2. The number of unbranched alkanes of at least 4 members (excludes halogenated alkanes) is 2. The summed E-state index contributed by atoms with van der Waals surface area (Å²) in [5.41, 5.74) is 2.41. The predicted molar refractivity (Wildman–Crippen MR) is 124 cm³/mol. The van der Waals surface area contributed by atoms with E-state index >= 15 is 0 Å². The fourth-order valence-electron chi connectivity index (χ4n) is 3.26. The molecular weight excluding hydrogens is 464 g/mol. The summed E-state index contributed by atoms with van der Waals surface area (Å²) in [6.07, 6.45) is 5.97. The van der Waals surface area contributed by atoms with Gasteiger partial charge in [0.15, 0.2) is 18.0 Å². The average molecular weight is 492 g/mol. The number of oxazole rings is 1. The number of hydrogen-bond donors (Lipinski definition) is 4. The molecule has 2 heterocycles. The average Bonchev–Trinajstić information content (AvgIpc) is 3.19. The number of aliphatic carboxylic acids is 1. The molecule has 1 aromatic carbocycles. The Kier molecular flexibility index (Phi) is 8.55. The molecule has 0 fully saturated rings. The Morgan fingerprint density at radius 3 is 2.53 bits per heavy atom. The van der Waals surface area contributed by atoms with Crippen molar-refractivity contribution >= 4 is 38.9 Å². The van der Waals surface area contributed by atoms with E-state index in [4.69, 9.17) is 14.1 Å². The molecule has 0 spiro atoms. The van der Waals surface area contributed by atoms with Crippen molar-refractivity contribution in [3.8, 4) is 11.5 Å². The maximum absolute atomic E-state index is 12.1. The van der Waals surface area contributed by atoms with E-state index in [9.17, 15) is 18.0 Å². The molecule has 12 heteroatoms. The second-order valence-corrected chi connectivity index (χ2v) is 9.32. The Balaban J connectivity index is 1.53. The number of benzene rings is 1. The van der Waals surface area contributed by atoms with Crippen LogP contribution >= 0.6 is 0 Å². The highest BCUT2D eigenvalue weighted by atomic mass is 32.2. The molecule has 0 radical (unpaired) electrons. The monoisotopic (exact) mass is 491 g/mol. The first-order valence-electron chi connectivity index (χ1n) is 10.8. The van der Waals surface area contributed by atoms with Gasteiger partial charge in [0.05, 0.1) is 5.75 Å². The molecule has 3 aromatic rings. The fraction of sp³-hybridized carbons (Fsp3) is 0.364. The number of hydrogen-bond acceptors (Lipinski definition) is 6. The molecule has 0 saturated heterocycles. The minimum absolute atomic E-state index is 0.130. The Labute approximate surface area is 196 Å². The van der Waals surface area contributed by atoms with Crippen molar-refractivity contribution in [2.24, 2.45) is 0 Å². The van der Waals surface area contributed by atoms with Gasteiger partial charge < -0.3 is 20.2 Å². The molecule has 2 aromatic heterocycles. The maximum Gasteiger partial charge on any atom is 0.319 e. The van der Waals surface area contributed by atoms with Gasteiger partial charge in [0.1, 0.15) is 12.1 Å². The molecule has 0 atom stereocenters. The van der Waals surface area contributed by atoms with Crippen LogP contribution in [-0.4, -0.2) is 47.4 Å². The van der Waals surface area contributed by atoms with E-state index in [0.717, 1.165) is 12.0 Å². The minimum Gasteiger partial charge on any atom is -0.481 e. The number of carboxylic acid groups (broad SMARTS) is 1. The molecule has 34 heavy (non-hydrogen) atoms. The third-order valence-corrected chi connectivity index (χ3v) is 5.76. The smallest absolute Gasteiger partial charge is 0.319 e. The van der Waals surface area contributed by atoms with Gasteiger partial charge in [-0.05, 0) is 25.0 Å². The second-order valence-electron chi connectivity index (χ2n) is 7.75. The van der Waals surface area contributed by atoms with Gasteiger partial charge >= 0.3 is 12.0 Å². The van der Waals surface area contributed by atoms with Crippen molar-refractivity contribution in [3.05, 3.63) is 42.7 Å². The summed E-state index contributed by atoms with van der Waals surface area (Å²) in [7, 11) is -3.97. The summed E-state index contributed by atoms with van der Waals surface area (Å²) in [5.74, 6) is -0.710. The minimum atomic E-state index is -3.97. The fourth-order valence-corrected chi connectivity index (χ4v) is 3.75. The molecule has 3 rings (SSSR count). The Morgan fingerprint density at radius 2 is 1.82 bits per heavy atom. The van der Waals surface area contributed by atoms with Crippen LogP contribution in [0, 0.1) is 0 Å². The molecule has 0 aliphatic carbocycles. The van der Waals surface area contributed by atoms with Crippen LogP contribution in [0.1, 0.15) is 32.1 Å². The van der Waals surface area contributed by atoms with E-state index in [1.165, 1.54) is 0 Å². The van der Waals surface area contributed by atoms with Crippen LogP contribution in [0.2, 0.25) is 0 Å². The van der Waals surface area contributed by atoms with Gasteiger partial charge in [-0.25, -0.2) is 14.3 Å². The zero-order valence-corrected chi connectivity index (χ0v) is 19.3. The van der Waals surface area contributed by atoms with Gasteiger partial charge in [0, 0.05) is 48.8 Å². The van der Waals surface area contributed by atoms with Crippen molar-refractivity contribution < 1.29 is 36.7 Å². The van der Waals surface area contributed by atoms with E-state index in [2.05, 4.69) is 15.6 Å². The lowest BCUT2D eigenvalue weighted by molar-refractivity contribution is -0.696. The standard InChI is InChI=1S/C22H26N4O7S/c27-20(28)5-2-1-3-10-23-22(29)24-17-6-7-18-19(15-17)33-21(25-18)16-8-12-26(13-9-16)11-4-14-34(30,31)32/h6-9,12-13,15H,1-5,10-11,14H2,(H3,23,27,28,29,30,31,32)/p+1. The van der Waals surface area contributed by atoms with E-state index in [-0.39, 0.29) is 18.2 Å². The van der Waals surface area contributed by atoms with Crippen LogP contribution in [0.25, 0.3) is 22.6 Å². The number of anilines is 1. The summed E-state index contributed by atoms with van der Waals surface area (Å²) in [4.78, 5) is 27.0. The van der Waals surface area contributed by atoms with Crippen LogP contribution in [-0.2, 0) is 21.5 Å². The molecule has 0 aliphatic heterocycles. The first kappa shape index (κ1) is 25.1. The summed E-state index contributed by atoms with van der Waals surface area (Å²) >= 11 is 0. The molecule has 0 aliphatic rings. The molecule has 0 saturated carbocycles. The van der Waals surface area contributed by atoms with Crippen LogP contribution in [0.4, 0.5) is 10.5 Å². The number of carbonyl (C=O) groups excluding carboxylic acids is 1. The predicted octanol–water partition coefficient (Wildman–Crippen LogP) is 2.83. The highest BCUT2D eigenvalue weighted by Gasteiger charge is 2.12. The normalized spacial score (nSPS) is 11.4. The largest absolute Gasteiger partial charge is 0.481 e. The number of rotatable bonds is 12. The second kappa shape index (κ2) is 11.6. The highest BCUT2D eigenvalue weighted by molar-refractivity contribution is 7.85. The van der Waals surface area contributed by atoms with Crippen molar-refractivity contribution in [2.75, 3.05) is 17.6 Å². The molecule has 4 N–H and O–H groups in total. The first-order valence-corrected chi connectivity index (χ1v) is 12.4. The Bertz CT molecular complexity index is 1240. The third kappa shape index (κ3) is 8.12. The number of amides is 2. The summed E-state index contributed by atoms with van der Waals surface area (Å²) in [5, 5.41) is 14.1. The molecule has 11 nitrogen and oxygen atoms in total. The van der Waals surface area contributed by atoms with Gasteiger partial charge in [0.2, 0.25) is 5.89 Å². The lowest BCUT2D eigenvalue weighted by atomic mass is 10.2. The summed E-state index contributed by atoms with van der Waals surface area (Å²) in [6.45, 7) is 0.886. The van der Waals surface area contributed by atoms with Crippen LogP contribution < -0.4 is 15.2 Å². The van der Waals surface area contributed by atoms with Gasteiger partial charge in [0.25, 0.3) is 10.1 Å². The van der Waals surface area contributed by atoms with E-state index in [1.807, 2.05) is 0 Å². The lowest BCUT2D eigenvalue weighted by Gasteiger charge is -2.07.